The van der Waals surface area contributed by atoms with Crippen molar-refractivity contribution in [1.82, 2.24) is 4.90 Å². The normalized spacial score (nSPS) is 21.6. The number of amides is 1. The molecule has 106 valence electrons. The molecule has 2 rings (SSSR count). The van der Waals surface area contributed by atoms with Crippen molar-refractivity contribution in [1.29, 1.82) is 0 Å². The fraction of sp³-hybridized carbons (Fsp3) is 0.533. The highest BCUT2D eigenvalue weighted by Gasteiger charge is 2.30. The third-order valence-corrected chi connectivity index (χ3v) is 3.95. The third-order valence-electron chi connectivity index (χ3n) is 3.95. The minimum atomic E-state index is -0.0574. The highest BCUT2D eigenvalue weighted by Crippen LogP contribution is 2.24. The van der Waals surface area contributed by atoms with Gasteiger partial charge in [-0.1, -0.05) is 30.3 Å². The van der Waals surface area contributed by atoms with E-state index in [2.05, 4.69) is 0 Å². The zero-order chi connectivity index (χ0) is 13.1. The Morgan fingerprint density at radius 2 is 1.95 bits per heavy atom. The molecular formula is C15H23ClN2O. The molecule has 0 aliphatic carbocycles. The van der Waals surface area contributed by atoms with Gasteiger partial charge >= 0.3 is 0 Å². The average molecular weight is 283 g/mol. The van der Waals surface area contributed by atoms with Crippen LogP contribution in [0.15, 0.2) is 30.3 Å². The van der Waals surface area contributed by atoms with E-state index in [1.165, 1.54) is 0 Å². The maximum atomic E-state index is 12.4. The first-order chi connectivity index (χ1) is 8.59. The van der Waals surface area contributed by atoms with Crippen LogP contribution in [0.3, 0.4) is 0 Å². The van der Waals surface area contributed by atoms with E-state index >= 15 is 0 Å². The van der Waals surface area contributed by atoms with E-state index in [4.69, 9.17) is 5.73 Å². The lowest BCUT2D eigenvalue weighted by atomic mass is 9.99. The zero-order valence-corrected chi connectivity index (χ0v) is 12.4. The van der Waals surface area contributed by atoms with Gasteiger partial charge in [0.25, 0.3) is 0 Å². The summed E-state index contributed by atoms with van der Waals surface area (Å²) in [4.78, 5) is 14.4. The van der Waals surface area contributed by atoms with Gasteiger partial charge in [0.1, 0.15) is 0 Å². The van der Waals surface area contributed by atoms with Gasteiger partial charge in [-0.15, -0.1) is 12.4 Å². The topological polar surface area (TPSA) is 46.3 Å². The number of nitrogens with zero attached hydrogens (tertiary/aromatic N) is 1. The minimum absolute atomic E-state index is 0. The van der Waals surface area contributed by atoms with Gasteiger partial charge in [0, 0.05) is 19.1 Å². The molecule has 1 aromatic rings. The highest BCUT2D eigenvalue weighted by atomic mass is 35.5. The van der Waals surface area contributed by atoms with E-state index in [-0.39, 0.29) is 30.3 Å². The summed E-state index contributed by atoms with van der Waals surface area (Å²) in [5.41, 5.74) is 7.00. The first-order valence-corrected chi connectivity index (χ1v) is 6.69. The summed E-state index contributed by atoms with van der Waals surface area (Å²) < 4.78 is 0. The van der Waals surface area contributed by atoms with Gasteiger partial charge in [0.2, 0.25) is 5.91 Å². The molecule has 1 aliphatic rings. The summed E-state index contributed by atoms with van der Waals surface area (Å²) in [5, 5.41) is 0. The van der Waals surface area contributed by atoms with Crippen LogP contribution in [0.5, 0.6) is 0 Å². The van der Waals surface area contributed by atoms with Crippen molar-refractivity contribution in [3.63, 3.8) is 0 Å². The minimum Gasteiger partial charge on any atom is -0.342 e. The molecule has 0 bridgehead atoms. The van der Waals surface area contributed by atoms with Gasteiger partial charge in [-0.3, -0.25) is 4.79 Å². The Bertz CT molecular complexity index is 408. The summed E-state index contributed by atoms with van der Waals surface area (Å²) >= 11 is 0. The summed E-state index contributed by atoms with van der Waals surface area (Å²) in [6, 6.07) is 10.1. The molecule has 4 heteroatoms. The van der Waals surface area contributed by atoms with Crippen molar-refractivity contribution in [2.75, 3.05) is 13.1 Å². The Hall–Kier alpha value is -1.06. The fourth-order valence-corrected chi connectivity index (χ4v) is 2.57. The van der Waals surface area contributed by atoms with Gasteiger partial charge in [-0.25, -0.2) is 0 Å². The number of carbonyl (C=O) groups excluding carboxylic acids is 1. The van der Waals surface area contributed by atoms with Crippen LogP contribution in [0.1, 0.15) is 31.7 Å². The van der Waals surface area contributed by atoms with Crippen molar-refractivity contribution >= 4 is 18.3 Å². The Kier molecular flexibility index (Phi) is 5.83. The van der Waals surface area contributed by atoms with Crippen LogP contribution < -0.4 is 5.73 Å². The Labute approximate surface area is 121 Å². The molecule has 0 aromatic heterocycles. The molecule has 0 saturated carbocycles. The molecule has 0 spiro atoms. The van der Waals surface area contributed by atoms with Crippen molar-refractivity contribution in [3.05, 3.63) is 35.9 Å². The monoisotopic (exact) mass is 282 g/mol. The standard InChI is InChI=1S/C15H22N2O.ClH/c1-11(13-6-4-3-5-7-13)15(18)17-9-8-14(10-17)12(2)16;/h3-7,11-12,14H,8-10,16H2,1-2H3;1H. The number of carbonyl (C=O) groups is 1. The molecule has 3 atom stereocenters. The van der Waals surface area contributed by atoms with Crippen LogP contribution in [-0.4, -0.2) is 29.9 Å². The van der Waals surface area contributed by atoms with Crippen LogP contribution in [-0.2, 0) is 4.79 Å². The number of rotatable bonds is 3. The molecular weight excluding hydrogens is 260 g/mol. The SMILES string of the molecule is CC(C(=O)N1CCC(C(C)N)C1)c1ccccc1.Cl. The predicted molar refractivity (Wildman–Crippen MR) is 80.4 cm³/mol. The van der Waals surface area contributed by atoms with Crippen molar-refractivity contribution < 1.29 is 4.79 Å². The fourth-order valence-electron chi connectivity index (χ4n) is 2.57. The van der Waals surface area contributed by atoms with Gasteiger partial charge in [-0.05, 0) is 31.7 Å². The molecule has 1 heterocycles. The third kappa shape index (κ3) is 3.71. The second kappa shape index (κ2) is 6.92. The number of hydrogen-bond donors (Lipinski definition) is 1. The number of hydrogen-bond acceptors (Lipinski definition) is 2. The lowest BCUT2D eigenvalue weighted by Gasteiger charge is -2.22. The van der Waals surface area contributed by atoms with Crippen molar-refractivity contribution in [2.45, 2.75) is 32.2 Å². The van der Waals surface area contributed by atoms with E-state index in [0.29, 0.717) is 5.92 Å². The molecule has 1 aliphatic heterocycles. The van der Waals surface area contributed by atoms with E-state index < -0.39 is 0 Å². The van der Waals surface area contributed by atoms with Gasteiger partial charge in [-0.2, -0.15) is 0 Å². The number of likely N-dealkylation sites (tertiary alicyclic amines) is 1. The van der Waals surface area contributed by atoms with Crippen LogP contribution in [0, 0.1) is 5.92 Å². The lowest BCUT2D eigenvalue weighted by molar-refractivity contribution is -0.131. The van der Waals surface area contributed by atoms with Gasteiger partial charge in [0.05, 0.1) is 5.92 Å². The van der Waals surface area contributed by atoms with Crippen molar-refractivity contribution in [3.8, 4) is 0 Å². The Morgan fingerprint density at radius 3 is 2.47 bits per heavy atom. The average Bonchev–Trinajstić information content (AvgIpc) is 2.88. The first-order valence-electron chi connectivity index (χ1n) is 6.69. The Balaban J connectivity index is 0.00000180. The van der Waals surface area contributed by atoms with Gasteiger partial charge < -0.3 is 10.6 Å². The van der Waals surface area contributed by atoms with E-state index in [0.717, 1.165) is 25.1 Å². The molecule has 1 fully saturated rings. The molecule has 3 nitrogen and oxygen atoms in total. The molecule has 0 radical (unpaired) electrons. The maximum absolute atomic E-state index is 12.4. The van der Waals surface area contributed by atoms with Crippen molar-refractivity contribution in [2.24, 2.45) is 11.7 Å². The van der Waals surface area contributed by atoms with E-state index in [1.54, 1.807) is 0 Å². The molecule has 1 amide bonds. The second-order valence-electron chi connectivity index (χ2n) is 5.32. The highest BCUT2D eigenvalue weighted by molar-refractivity contribution is 5.85. The molecule has 1 saturated heterocycles. The first kappa shape index (κ1) is 16.0. The number of halogens is 1. The molecule has 3 unspecified atom stereocenters. The Morgan fingerprint density at radius 1 is 1.32 bits per heavy atom. The van der Waals surface area contributed by atoms with Crippen LogP contribution in [0.2, 0.25) is 0 Å². The van der Waals surface area contributed by atoms with Crippen LogP contribution in [0.4, 0.5) is 0 Å². The van der Waals surface area contributed by atoms with Crippen LogP contribution >= 0.6 is 12.4 Å². The van der Waals surface area contributed by atoms with E-state index in [1.807, 2.05) is 49.1 Å². The molecule has 2 N–H and O–H groups in total. The summed E-state index contributed by atoms with van der Waals surface area (Å²) in [5.74, 6) is 0.624. The number of nitrogens with two attached hydrogens (primary N) is 1. The lowest BCUT2D eigenvalue weighted by Crippen LogP contribution is -2.35. The largest absolute Gasteiger partial charge is 0.342 e. The smallest absolute Gasteiger partial charge is 0.229 e. The zero-order valence-electron chi connectivity index (χ0n) is 11.6. The predicted octanol–water partition coefficient (Wildman–Crippen LogP) is 2.41. The maximum Gasteiger partial charge on any atom is 0.229 e. The van der Waals surface area contributed by atoms with Crippen LogP contribution in [0.25, 0.3) is 0 Å². The number of benzene rings is 1. The summed E-state index contributed by atoms with van der Waals surface area (Å²) in [6.45, 7) is 5.67. The summed E-state index contributed by atoms with van der Waals surface area (Å²) in [7, 11) is 0. The molecule has 19 heavy (non-hydrogen) atoms. The van der Waals surface area contributed by atoms with E-state index in [9.17, 15) is 4.79 Å². The van der Waals surface area contributed by atoms with Gasteiger partial charge in [0.15, 0.2) is 0 Å². The molecule has 1 aromatic carbocycles. The quantitative estimate of drug-likeness (QED) is 0.925. The summed E-state index contributed by atoms with van der Waals surface area (Å²) in [6.07, 6.45) is 1.03. The second-order valence-corrected chi connectivity index (χ2v) is 5.32.